The highest BCUT2D eigenvalue weighted by atomic mass is 35.5. The smallest absolute Gasteiger partial charge is 0.322 e. The van der Waals surface area contributed by atoms with Crippen LogP contribution in [0.2, 0.25) is 5.02 Å². The first kappa shape index (κ1) is 31.2. The molecule has 1 N–H and O–H groups in total. The molecule has 0 saturated heterocycles. The molecule has 0 spiro atoms. The van der Waals surface area contributed by atoms with Crippen LogP contribution in [-0.4, -0.2) is 69.3 Å². The fraction of sp³-hybridized carbons (Fsp3) is 0.379. The molecule has 1 aromatic heterocycles. The highest BCUT2D eigenvalue weighted by Gasteiger charge is 2.23. The van der Waals surface area contributed by atoms with Gasteiger partial charge in [-0.1, -0.05) is 17.7 Å². The van der Waals surface area contributed by atoms with Crippen molar-refractivity contribution in [3.8, 4) is 11.5 Å². The van der Waals surface area contributed by atoms with Crippen LogP contribution in [-0.2, 0) is 22.5 Å². The third kappa shape index (κ3) is 8.84. The van der Waals surface area contributed by atoms with Gasteiger partial charge in [0.05, 0.1) is 25.8 Å². The molecule has 0 unspecified atom stereocenters. The second kappa shape index (κ2) is 15.4. The molecule has 3 rings (SSSR count). The van der Waals surface area contributed by atoms with Crippen molar-refractivity contribution < 1.29 is 28.2 Å². The van der Waals surface area contributed by atoms with Gasteiger partial charge < -0.3 is 29.3 Å². The van der Waals surface area contributed by atoms with Crippen molar-refractivity contribution in [2.24, 2.45) is 0 Å². The minimum atomic E-state index is -0.583. The van der Waals surface area contributed by atoms with Crippen LogP contribution in [0.1, 0.15) is 22.4 Å². The van der Waals surface area contributed by atoms with E-state index < -0.39 is 11.8 Å². The molecule has 8 nitrogen and oxygen atoms in total. The van der Waals surface area contributed by atoms with Gasteiger partial charge >= 0.3 is 6.03 Å². The molecule has 0 aliphatic rings. The van der Waals surface area contributed by atoms with E-state index in [1.807, 2.05) is 36.6 Å². The molecule has 1 heterocycles. The number of nitrogens with zero attached hydrogens (tertiary/aromatic N) is 2. The van der Waals surface area contributed by atoms with Crippen molar-refractivity contribution in [3.05, 3.63) is 74.7 Å². The molecule has 0 bridgehead atoms. The second-order valence-corrected chi connectivity index (χ2v) is 10.5. The maximum atomic E-state index is 13.7. The number of carbonyl (C=O) groups is 2. The number of rotatable bonds is 14. The van der Waals surface area contributed by atoms with Gasteiger partial charge in [-0.15, -0.1) is 11.3 Å². The molecule has 2 aromatic carbocycles. The van der Waals surface area contributed by atoms with Crippen LogP contribution in [0, 0.1) is 12.7 Å². The second-order valence-electron chi connectivity index (χ2n) is 9.11. The standard InChI is InChI=1S/C29H35ClFN3O5S/c1-20-11-15-40-27(20)18-33(13-10-21-6-9-25(38-3)26(16-21)39-4)28(35)19-34(12-5-14-37-2)29(36)32-22-7-8-24(31)23(30)17-22/h6-9,11,15-17H,5,10,12-14,18-19H2,1-4H3,(H,32,36). The van der Waals surface area contributed by atoms with Crippen molar-refractivity contribution in [1.29, 1.82) is 0 Å². The fourth-order valence-corrected chi connectivity index (χ4v) is 5.12. The Morgan fingerprint density at radius 2 is 1.77 bits per heavy atom. The first-order valence-corrected chi connectivity index (χ1v) is 14.0. The average molecular weight is 592 g/mol. The number of carbonyl (C=O) groups excluding carboxylic acids is 2. The van der Waals surface area contributed by atoms with E-state index in [2.05, 4.69) is 5.32 Å². The Morgan fingerprint density at radius 3 is 2.42 bits per heavy atom. The van der Waals surface area contributed by atoms with Gasteiger partial charge in [0.1, 0.15) is 12.4 Å². The predicted molar refractivity (Wildman–Crippen MR) is 156 cm³/mol. The minimum Gasteiger partial charge on any atom is -0.493 e. The molecule has 0 aliphatic heterocycles. The lowest BCUT2D eigenvalue weighted by Crippen LogP contribution is -2.45. The van der Waals surface area contributed by atoms with Crippen LogP contribution in [0.4, 0.5) is 14.9 Å². The molecule has 0 saturated carbocycles. The summed E-state index contributed by atoms with van der Waals surface area (Å²) in [6.07, 6.45) is 1.12. The van der Waals surface area contributed by atoms with E-state index in [1.165, 1.54) is 23.1 Å². The van der Waals surface area contributed by atoms with E-state index in [9.17, 15) is 14.0 Å². The zero-order valence-electron chi connectivity index (χ0n) is 23.2. The van der Waals surface area contributed by atoms with E-state index in [0.29, 0.717) is 56.3 Å². The Balaban J connectivity index is 1.78. The maximum absolute atomic E-state index is 13.7. The number of urea groups is 1. The fourth-order valence-electron chi connectivity index (χ4n) is 4.02. The van der Waals surface area contributed by atoms with Gasteiger partial charge in [-0.05, 0) is 72.7 Å². The van der Waals surface area contributed by atoms with Crippen molar-refractivity contribution in [1.82, 2.24) is 9.80 Å². The number of ether oxygens (including phenoxy) is 3. The number of amides is 3. The summed E-state index contributed by atoms with van der Waals surface area (Å²) in [7, 11) is 4.75. The van der Waals surface area contributed by atoms with Crippen LogP contribution in [0.5, 0.6) is 11.5 Å². The topological polar surface area (TPSA) is 80.3 Å². The summed E-state index contributed by atoms with van der Waals surface area (Å²) >= 11 is 7.47. The third-order valence-corrected chi connectivity index (χ3v) is 7.63. The number of hydrogen-bond acceptors (Lipinski definition) is 6. The summed E-state index contributed by atoms with van der Waals surface area (Å²) in [6, 6.07) is 11.1. The van der Waals surface area contributed by atoms with Crippen molar-refractivity contribution in [2.75, 3.05) is 52.9 Å². The van der Waals surface area contributed by atoms with Gasteiger partial charge in [-0.2, -0.15) is 0 Å². The Hall–Kier alpha value is -3.34. The van der Waals surface area contributed by atoms with Crippen molar-refractivity contribution in [3.63, 3.8) is 0 Å². The highest BCUT2D eigenvalue weighted by Crippen LogP contribution is 2.28. The SMILES string of the molecule is COCCCN(CC(=O)N(CCc1ccc(OC)c(OC)c1)Cc1sccc1C)C(=O)Nc1ccc(F)c(Cl)c1. The number of halogens is 2. The van der Waals surface area contributed by atoms with Crippen LogP contribution in [0.25, 0.3) is 0 Å². The van der Waals surface area contributed by atoms with Crippen LogP contribution in [0.15, 0.2) is 47.8 Å². The summed E-state index contributed by atoms with van der Waals surface area (Å²) in [5, 5.41) is 4.61. The predicted octanol–water partition coefficient (Wildman–Crippen LogP) is 6.01. The number of thiophene rings is 1. The van der Waals surface area contributed by atoms with Gasteiger partial charge in [0, 0.05) is 37.4 Å². The van der Waals surface area contributed by atoms with Gasteiger partial charge in [-0.25, -0.2) is 9.18 Å². The summed E-state index contributed by atoms with van der Waals surface area (Å²) in [5.41, 5.74) is 2.43. The average Bonchev–Trinajstić information content (AvgIpc) is 3.36. The van der Waals surface area contributed by atoms with E-state index in [0.717, 1.165) is 16.0 Å². The van der Waals surface area contributed by atoms with Crippen molar-refractivity contribution in [2.45, 2.75) is 26.3 Å². The van der Waals surface area contributed by atoms with E-state index in [-0.39, 0.29) is 17.5 Å². The van der Waals surface area contributed by atoms with E-state index >= 15 is 0 Å². The largest absolute Gasteiger partial charge is 0.493 e. The lowest BCUT2D eigenvalue weighted by Gasteiger charge is -2.28. The van der Waals surface area contributed by atoms with Gasteiger partial charge in [-0.3, -0.25) is 4.79 Å². The molecule has 3 aromatic rings. The van der Waals surface area contributed by atoms with Crippen LogP contribution < -0.4 is 14.8 Å². The number of nitrogens with one attached hydrogen (secondary N) is 1. The van der Waals surface area contributed by atoms with Crippen molar-refractivity contribution >= 4 is 40.6 Å². The van der Waals surface area contributed by atoms with Gasteiger partial charge in [0.2, 0.25) is 5.91 Å². The van der Waals surface area contributed by atoms with E-state index in [1.54, 1.807) is 37.6 Å². The molecule has 0 radical (unpaired) electrons. The molecule has 3 amide bonds. The Bertz CT molecular complexity index is 1290. The van der Waals surface area contributed by atoms with Gasteiger partial charge in [0.15, 0.2) is 11.5 Å². The highest BCUT2D eigenvalue weighted by molar-refractivity contribution is 7.10. The molecular weight excluding hydrogens is 557 g/mol. The van der Waals surface area contributed by atoms with Gasteiger partial charge in [0.25, 0.3) is 0 Å². The Labute approximate surface area is 243 Å². The molecule has 11 heteroatoms. The number of anilines is 1. The zero-order valence-corrected chi connectivity index (χ0v) is 24.7. The number of methoxy groups -OCH3 is 3. The summed E-state index contributed by atoms with van der Waals surface area (Å²) < 4.78 is 29.5. The first-order valence-electron chi connectivity index (χ1n) is 12.8. The Kier molecular flexibility index (Phi) is 12.0. The molecule has 216 valence electrons. The maximum Gasteiger partial charge on any atom is 0.322 e. The number of benzene rings is 2. The summed E-state index contributed by atoms with van der Waals surface area (Å²) in [5.74, 6) is 0.473. The lowest BCUT2D eigenvalue weighted by molar-refractivity contribution is -0.132. The lowest BCUT2D eigenvalue weighted by atomic mass is 10.1. The molecule has 0 aliphatic carbocycles. The molecule has 0 atom stereocenters. The number of hydrogen-bond donors (Lipinski definition) is 1. The monoisotopic (exact) mass is 591 g/mol. The summed E-state index contributed by atoms with van der Waals surface area (Å²) in [4.78, 5) is 31.2. The normalized spacial score (nSPS) is 10.8. The van der Waals surface area contributed by atoms with E-state index in [4.69, 9.17) is 25.8 Å². The molecule has 0 fully saturated rings. The molecular formula is C29H35ClFN3O5S. The minimum absolute atomic E-state index is 0.104. The zero-order chi connectivity index (χ0) is 29.1. The molecule has 40 heavy (non-hydrogen) atoms. The third-order valence-electron chi connectivity index (χ3n) is 6.33. The van der Waals surface area contributed by atoms with Crippen LogP contribution >= 0.6 is 22.9 Å². The first-order chi connectivity index (χ1) is 19.2. The Morgan fingerprint density at radius 1 is 1.00 bits per heavy atom. The number of aryl methyl sites for hydroxylation is 1. The summed E-state index contributed by atoms with van der Waals surface area (Å²) in [6.45, 7) is 3.46. The quantitative estimate of drug-likeness (QED) is 0.232. The van der Waals surface area contributed by atoms with Crippen LogP contribution in [0.3, 0.4) is 0 Å².